The Morgan fingerprint density at radius 1 is 1.17 bits per heavy atom. The van der Waals surface area contributed by atoms with Gasteiger partial charge in [0.25, 0.3) is 0 Å². The van der Waals surface area contributed by atoms with Crippen LogP contribution in [-0.2, 0) is 29.1 Å². The molecular weight excluding hydrogens is 308 g/mol. The number of hydrogen-bond acceptors (Lipinski definition) is 3. The molecule has 2 aromatic rings. The average molecular weight is 328 g/mol. The van der Waals surface area contributed by atoms with Gasteiger partial charge in [0, 0.05) is 30.9 Å². The first-order valence-electron chi connectivity index (χ1n) is 7.86. The molecule has 0 aliphatic carbocycles. The molecule has 120 valence electrons. The van der Waals surface area contributed by atoms with Crippen LogP contribution in [0.1, 0.15) is 28.8 Å². The van der Waals surface area contributed by atoms with Gasteiger partial charge in [-0.2, -0.15) is 0 Å². The zero-order chi connectivity index (χ0) is 16.1. The molecule has 0 saturated carbocycles. The molecule has 0 atom stereocenters. The van der Waals surface area contributed by atoms with Gasteiger partial charge in [0.05, 0.1) is 6.42 Å². The minimum absolute atomic E-state index is 0.0273. The number of carbonyl (C=O) groups excluding carboxylic acids is 2. The number of likely N-dealkylation sites (tertiary alicyclic amines) is 1. The van der Waals surface area contributed by atoms with Crippen molar-refractivity contribution in [2.45, 2.75) is 32.4 Å². The van der Waals surface area contributed by atoms with E-state index in [0.717, 1.165) is 29.0 Å². The van der Waals surface area contributed by atoms with E-state index in [1.165, 1.54) is 0 Å². The number of carbonyl (C=O) groups is 2. The lowest BCUT2D eigenvalue weighted by molar-refractivity contribution is -0.128. The first-order chi connectivity index (χ1) is 11.2. The van der Waals surface area contributed by atoms with Crippen LogP contribution >= 0.6 is 11.3 Å². The Bertz CT molecular complexity index is 682. The van der Waals surface area contributed by atoms with Crippen LogP contribution in [0.2, 0.25) is 0 Å². The van der Waals surface area contributed by atoms with E-state index >= 15 is 0 Å². The summed E-state index contributed by atoms with van der Waals surface area (Å²) in [4.78, 5) is 26.8. The van der Waals surface area contributed by atoms with E-state index in [4.69, 9.17) is 0 Å². The quantitative estimate of drug-likeness (QED) is 0.886. The van der Waals surface area contributed by atoms with Crippen molar-refractivity contribution in [3.05, 3.63) is 57.8 Å². The number of nitrogens with one attached hydrogen (secondary N) is 1. The van der Waals surface area contributed by atoms with E-state index in [1.807, 2.05) is 46.7 Å². The molecule has 23 heavy (non-hydrogen) atoms. The van der Waals surface area contributed by atoms with E-state index < -0.39 is 0 Å². The molecule has 1 N–H and O–H groups in total. The fraction of sp³-hybridized carbons (Fsp3) is 0.333. The Morgan fingerprint density at radius 2 is 2.00 bits per heavy atom. The van der Waals surface area contributed by atoms with Crippen LogP contribution in [0.3, 0.4) is 0 Å². The maximum absolute atomic E-state index is 12.0. The monoisotopic (exact) mass is 328 g/mol. The highest BCUT2D eigenvalue weighted by atomic mass is 32.1. The standard InChI is InChI=1S/C18H20N2O2S/c21-17(11-16-7-4-10-23-16)19-12-14-5-1-2-6-15(14)13-20-9-3-8-18(20)22/h1-2,4-7,10H,3,8-9,11-13H2,(H,19,21). The SMILES string of the molecule is O=C(Cc1cccs1)NCc1ccccc1CN1CCCC1=O. The van der Waals surface area contributed by atoms with E-state index in [0.29, 0.717) is 25.9 Å². The van der Waals surface area contributed by atoms with E-state index in [9.17, 15) is 9.59 Å². The highest BCUT2D eigenvalue weighted by Gasteiger charge is 2.20. The predicted octanol–water partition coefficient (Wildman–Crippen LogP) is 2.73. The van der Waals surface area contributed by atoms with Crippen molar-refractivity contribution in [2.24, 2.45) is 0 Å². The Balaban J connectivity index is 1.59. The minimum Gasteiger partial charge on any atom is -0.352 e. The minimum atomic E-state index is 0.0273. The maximum atomic E-state index is 12.0. The lowest BCUT2D eigenvalue weighted by Crippen LogP contribution is -2.27. The van der Waals surface area contributed by atoms with Gasteiger partial charge < -0.3 is 10.2 Å². The largest absolute Gasteiger partial charge is 0.352 e. The summed E-state index contributed by atoms with van der Waals surface area (Å²) in [6.07, 6.45) is 2.02. The molecule has 2 amide bonds. The molecule has 1 fully saturated rings. The van der Waals surface area contributed by atoms with Gasteiger partial charge in [0.2, 0.25) is 11.8 Å². The summed E-state index contributed by atoms with van der Waals surface area (Å²) in [7, 11) is 0. The van der Waals surface area contributed by atoms with Crippen molar-refractivity contribution in [2.75, 3.05) is 6.54 Å². The van der Waals surface area contributed by atoms with Crippen LogP contribution in [0.4, 0.5) is 0 Å². The molecule has 1 saturated heterocycles. The molecule has 1 aliphatic heterocycles. The van der Waals surface area contributed by atoms with Gasteiger partial charge in [-0.25, -0.2) is 0 Å². The Morgan fingerprint density at radius 3 is 2.70 bits per heavy atom. The van der Waals surface area contributed by atoms with Crippen LogP contribution < -0.4 is 5.32 Å². The fourth-order valence-corrected chi connectivity index (χ4v) is 3.49. The lowest BCUT2D eigenvalue weighted by atomic mass is 10.1. The summed E-state index contributed by atoms with van der Waals surface area (Å²) in [5.41, 5.74) is 2.19. The normalized spacial score (nSPS) is 14.3. The zero-order valence-corrected chi connectivity index (χ0v) is 13.8. The molecule has 5 heteroatoms. The molecule has 0 unspecified atom stereocenters. The molecule has 3 rings (SSSR count). The van der Waals surface area contributed by atoms with Crippen molar-refractivity contribution >= 4 is 23.2 Å². The van der Waals surface area contributed by atoms with Gasteiger partial charge in [-0.15, -0.1) is 11.3 Å². The second-order valence-electron chi connectivity index (χ2n) is 5.72. The van der Waals surface area contributed by atoms with Crippen molar-refractivity contribution in [3.8, 4) is 0 Å². The molecule has 0 radical (unpaired) electrons. The van der Waals surface area contributed by atoms with Crippen LogP contribution in [0.5, 0.6) is 0 Å². The van der Waals surface area contributed by atoms with E-state index in [2.05, 4.69) is 5.32 Å². The number of thiophene rings is 1. The van der Waals surface area contributed by atoms with Crippen LogP contribution in [0.15, 0.2) is 41.8 Å². The van der Waals surface area contributed by atoms with Crippen molar-refractivity contribution in [3.63, 3.8) is 0 Å². The number of benzene rings is 1. The van der Waals surface area contributed by atoms with Crippen LogP contribution in [-0.4, -0.2) is 23.3 Å². The number of nitrogens with zero attached hydrogens (tertiary/aromatic N) is 1. The molecular formula is C18H20N2O2S. The molecule has 0 bridgehead atoms. The Labute approximate surface area is 140 Å². The number of rotatable bonds is 6. The van der Waals surface area contributed by atoms with Crippen LogP contribution in [0.25, 0.3) is 0 Å². The predicted molar refractivity (Wildman–Crippen MR) is 91.0 cm³/mol. The molecule has 2 heterocycles. The molecule has 1 aliphatic rings. The first kappa shape index (κ1) is 15.7. The maximum Gasteiger partial charge on any atom is 0.225 e. The average Bonchev–Trinajstić information content (AvgIpc) is 3.19. The molecule has 0 spiro atoms. The van der Waals surface area contributed by atoms with Crippen molar-refractivity contribution in [1.29, 1.82) is 0 Å². The van der Waals surface area contributed by atoms with Gasteiger partial charge in [0.1, 0.15) is 0 Å². The van der Waals surface area contributed by atoms with Gasteiger partial charge >= 0.3 is 0 Å². The summed E-state index contributed by atoms with van der Waals surface area (Å²) in [6, 6.07) is 11.9. The highest BCUT2D eigenvalue weighted by Crippen LogP contribution is 2.17. The third-order valence-corrected chi connectivity index (χ3v) is 4.92. The topological polar surface area (TPSA) is 49.4 Å². The van der Waals surface area contributed by atoms with Crippen LogP contribution in [0, 0.1) is 0 Å². The van der Waals surface area contributed by atoms with Gasteiger partial charge in [-0.1, -0.05) is 30.3 Å². The second kappa shape index (κ2) is 7.42. The number of hydrogen-bond donors (Lipinski definition) is 1. The highest BCUT2D eigenvalue weighted by molar-refractivity contribution is 7.10. The smallest absolute Gasteiger partial charge is 0.225 e. The van der Waals surface area contributed by atoms with Crippen molar-refractivity contribution in [1.82, 2.24) is 10.2 Å². The third kappa shape index (κ3) is 4.20. The number of amides is 2. The van der Waals surface area contributed by atoms with E-state index in [-0.39, 0.29) is 11.8 Å². The second-order valence-corrected chi connectivity index (χ2v) is 6.75. The van der Waals surface area contributed by atoms with Crippen molar-refractivity contribution < 1.29 is 9.59 Å². The third-order valence-electron chi connectivity index (χ3n) is 4.04. The summed E-state index contributed by atoms with van der Waals surface area (Å²) in [6.45, 7) is 1.97. The summed E-state index contributed by atoms with van der Waals surface area (Å²) in [5.74, 6) is 0.251. The Hall–Kier alpha value is -2.14. The fourth-order valence-electron chi connectivity index (χ4n) is 2.79. The molecule has 4 nitrogen and oxygen atoms in total. The summed E-state index contributed by atoms with van der Waals surface area (Å²) in [5, 5.41) is 4.96. The van der Waals surface area contributed by atoms with E-state index in [1.54, 1.807) is 11.3 Å². The first-order valence-corrected chi connectivity index (χ1v) is 8.74. The zero-order valence-electron chi connectivity index (χ0n) is 13.0. The van der Waals surface area contributed by atoms with Gasteiger partial charge in [0.15, 0.2) is 0 Å². The molecule has 1 aromatic heterocycles. The Kier molecular flexibility index (Phi) is 5.08. The summed E-state index contributed by atoms with van der Waals surface area (Å²) < 4.78 is 0. The van der Waals surface area contributed by atoms with Gasteiger partial charge in [-0.05, 0) is 29.0 Å². The molecule has 1 aromatic carbocycles. The van der Waals surface area contributed by atoms with Gasteiger partial charge in [-0.3, -0.25) is 9.59 Å². The summed E-state index contributed by atoms with van der Waals surface area (Å²) >= 11 is 1.59. The lowest BCUT2D eigenvalue weighted by Gasteiger charge is -2.18.